The quantitative estimate of drug-likeness (QED) is 0.437. The molecule has 9 heteroatoms. The molecule has 2 rings (SSSR count). The van der Waals surface area contributed by atoms with Crippen LogP contribution in [-0.4, -0.2) is 18.0 Å². The summed E-state index contributed by atoms with van der Waals surface area (Å²) in [6.45, 7) is 0. The number of benzene rings is 2. The van der Waals surface area contributed by atoms with E-state index in [0.717, 1.165) is 31.4 Å². The Morgan fingerprint density at radius 1 is 1.25 bits per heavy atom. The molecule has 0 aliphatic rings. The van der Waals surface area contributed by atoms with E-state index in [1.807, 2.05) is 0 Å². The van der Waals surface area contributed by atoms with E-state index in [9.17, 15) is 23.7 Å². The number of carbonyl (C=O) groups excluding carboxylic acids is 1. The summed E-state index contributed by atoms with van der Waals surface area (Å²) in [6, 6.07) is 6.86. The predicted molar refractivity (Wildman–Crippen MR) is 80.9 cm³/mol. The lowest BCUT2D eigenvalue weighted by Crippen LogP contribution is -2.05. The molecule has 0 atom stereocenters. The molecule has 0 fully saturated rings. The van der Waals surface area contributed by atoms with E-state index >= 15 is 0 Å². The van der Waals surface area contributed by atoms with Gasteiger partial charge in [-0.3, -0.25) is 10.1 Å². The Balaban J connectivity index is 2.37. The van der Waals surface area contributed by atoms with Gasteiger partial charge in [-0.2, -0.15) is 0 Å². The minimum absolute atomic E-state index is 0.0609. The summed E-state index contributed by atoms with van der Waals surface area (Å²) in [5.74, 6) is -0.787. The number of nitro benzene ring substituents is 1. The van der Waals surface area contributed by atoms with Gasteiger partial charge in [-0.1, -0.05) is 11.6 Å². The molecular formula is C15H10ClF2NO5. The maximum absolute atomic E-state index is 12.6. The van der Waals surface area contributed by atoms with Crippen molar-refractivity contribution in [2.75, 3.05) is 7.11 Å². The van der Waals surface area contributed by atoms with Crippen molar-refractivity contribution >= 4 is 23.3 Å². The van der Waals surface area contributed by atoms with Gasteiger partial charge in [0.15, 0.2) is 0 Å². The van der Waals surface area contributed by atoms with Crippen molar-refractivity contribution in [3.8, 4) is 11.5 Å². The first-order valence-corrected chi connectivity index (χ1v) is 6.83. The average Bonchev–Trinajstić information content (AvgIpc) is 2.55. The van der Waals surface area contributed by atoms with E-state index in [2.05, 4.69) is 4.74 Å². The average molecular weight is 358 g/mol. The maximum atomic E-state index is 12.6. The third kappa shape index (κ3) is 3.77. The van der Waals surface area contributed by atoms with E-state index in [0.29, 0.717) is 0 Å². The highest BCUT2D eigenvalue weighted by molar-refractivity contribution is 6.32. The van der Waals surface area contributed by atoms with Crippen LogP contribution in [0.2, 0.25) is 5.02 Å². The van der Waals surface area contributed by atoms with E-state index in [1.165, 1.54) is 12.1 Å². The second kappa shape index (κ2) is 7.22. The van der Waals surface area contributed by atoms with Gasteiger partial charge in [0, 0.05) is 17.7 Å². The van der Waals surface area contributed by atoms with E-state index in [-0.39, 0.29) is 27.6 Å². The first-order valence-electron chi connectivity index (χ1n) is 6.45. The molecule has 0 unspecified atom stereocenters. The molecule has 0 aliphatic carbocycles. The smallest absolute Gasteiger partial charge is 0.345 e. The van der Waals surface area contributed by atoms with Crippen molar-refractivity contribution in [1.29, 1.82) is 0 Å². The van der Waals surface area contributed by atoms with Crippen LogP contribution in [-0.2, 0) is 4.74 Å². The van der Waals surface area contributed by atoms with Crippen LogP contribution in [0.25, 0.3) is 0 Å². The Labute approximate surface area is 139 Å². The largest absolute Gasteiger partial charge is 0.465 e. The van der Waals surface area contributed by atoms with Gasteiger partial charge in [0.2, 0.25) is 0 Å². The van der Waals surface area contributed by atoms with Crippen molar-refractivity contribution in [3.05, 3.63) is 62.7 Å². The van der Waals surface area contributed by atoms with Crippen molar-refractivity contribution < 1.29 is 28.0 Å². The number of hydrogen-bond donors (Lipinski definition) is 0. The molecule has 0 saturated heterocycles. The molecule has 0 radical (unpaired) electrons. The minimum atomic E-state index is -2.68. The summed E-state index contributed by atoms with van der Waals surface area (Å²) in [5, 5.41) is 10.9. The second-order valence-corrected chi connectivity index (χ2v) is 4.93. The lowest BCUT2D eigenvalue weighted by atomic mass is 10.1. The number of methoxy groups -OCH3 is 1. The van der Waals surface area contributed by atoms with E-state index < -0.39 is 23.0 Å². The summed E-state index contributed by atoms with van der Waals surface area (Å²) in [4.78, 5) is 21.8. The van der Waals surface area contributed by atoms with Gasteiger partial charge in [0.1, 0.15) is 17.1 Å². The summed E-state index contributed by atoms with van der Waals surface area (Å²) >= 11 is 5.88. The highest BCUT2D eigenvalue weighted by Crippen LogP contribution is 2.34. The molecule has 2 aromatic carbocycles. The van der Waals surface area contributed by atoms with Gasteiger partial charge in [0.05, 0.1) is 17.1 Å². The number of alkyl halides is 2. The fraction of sp³-hybridized carbons (Fsp3) is 0.133. The normalized spacial score (nSPS) is 10.5. The van der Waals surface area contributed by atoms with Crippen LogP contribution in [0, 0.1) is 10.1 Å². The monoisotopic (exact) mass is 357 g/mol. The Bertz CT molecular complexity index is 797. The van der Waals surface area contributed by atoms with Gasteiger partial charge < -0.3 is 9.47 Å². The number of ether oxygens (including phenoxy) is 2. The number of carbonyl (C=O) groups is 1. The van der Waals surface area contributed by atoms with Crippen molar-refractivity contribution in [2.45, 2.75) is 6.43 Å². The topological polar surface area (TPSA) is 78.7 Å². The first kappa shape index (κ1) is 17.6. The van der Waals surface area contributed by atoms with Gasteiger partial charge >= 0.3 is 5.97 Å². The SMILES string of the molecule is COC(=O)c1cc(Oc2ccc(C(F)F)cc2Cl)ccc1[N+](=O)[O-]. The fourth-order valence-corrected chi connectivity index (χ4v) is 2.10. The molecular weight excluding hydrogens is 348 g/mol. The highest BCUT2D eigenvalue weighted by atomic mass is 35.5. The highest BCUT2D eigenvalue weighted by Gasteiger charge is 2.22. The van der Waals surface area contributed by atoms with Crippen LogP contribution in [0.15, 0.2) is 36.4 Å². The second-order valence-electron chi connectivity index (χ2n) is 4.52. The van der Waals surface area contributed by atoms with Crippen molar-refractivity contribution in [2.24, 2.45) is 0 Å². The molecule has 0 saturated carbocycles. The third-order valence-corrected chi connectivity index (χ3v) is 3.30. The number of nitrogens with zero attached hydrogens (tertiary/aromatic N) is 1. The standard InChI is InChI=1S/C15H10ClF2NO5/c1-23-15(20)10-7-9(3-4-12(10)19(21)22)24-13-5-2-8(14(17)18)6-11(13)16/h2-7,14H,1H3. The molecule has 2 aromatic rings. The zero-order valence-corrected chi connectivity index (χ0v) is 12.9. The minimum Gasteiger partial charge on any atom is -0.465 e. The zero-order chi connectivity index (χ0) is 17.9. The molecule has 0 amide bonds. The van der Waals surface area contributed by atoms with Crippen molar-refractivity contribution in [1.82, 2.24) is 0 Å². The summed E-state index contributed by atoms with van der Waals surface area (Å²) in [6.07, 6.45) is -2.68. The lowest BCUT2D eigenvalue weighted by molar-refractivity contribution is -0.385. The van der Waals surface area contributed by atoms with E-state index in [4.69, 9.17) is 16.3 Å². The summed E-state index contributed by atoms with van der Waals surface area (Å²) < 4.78 is 35.1. The Morgan fingerprint density at radius 2 is 1.96 bits per heavy atom. The molecule has 0 aliphatic heterocycles. The number of nitro groups is 1. The van der Waals surface area contributed by atoms with Crippen LogP contribution < -0.4 is 4.74 Å². The molecule has 126 valence electrons. The number of esters is 1. The van der Waals surface area contributed by atoms with Crippen LogP contribution in [0.1, 0.15) is 22.3 Å². The predicted octanol–water partition coefficient (Wildman–Crippen LogP) is 4.76. The molecule has 6 nitrogen and oxygen atoms in total. The number of rotatable bonds is 5. The number of hydrogen-bond acceptors (Lipinski definition) is 5. The molecule has 0 N–H and O–H groups in total. The van der Waals surface area contributed by atoms with Gasteiger partial charge in [-0.25, -0.2) is 13.6 Å². The van der Waals surface area contributed by atoms with Gasteiger partial charge in [-0.15, -0.1) is 0 Å². The molecule has 0 aromatic heterocycles. The Hall–Kier alpha value is -2.74. The lowest BCUT2D eigenvalue weighted by Gasteiger charge is -2.10. The molecule has 24 heavy (non-hydrogen) atoms. The maximum Gasteiger partial charge on any atom is 0.345 e. The van der Waals surface area contributed by atoms with Crippen molar-refractivity contribution in [3.63, 3.8) is 0 Å². The van der Waals surface area contributed by atoms with Gasteiger partial charge in [-0.05, 0) is 24.3 Å². The summed E-state index contributed by atoms with van der Waals surface area (Å²) in [5.41, 5.74) is -1.03. The molecule has 0 bridgehead atoms. The molecule has 0 heterocycles. The Kier molecular flexibility index (Phi) is 5.30. The third-order valence-electron chi connectivity index (χ3n) is 3.01. The van der Waals surface area contributed by atoms with Gasteiger partial charge in [0.25, 0.3) is 12.1 Å². The zero-order valence-electron chi connectivity index (χ0n) is 12.2. The fourth-order valence-electron chi connectivity index (χ4n) is 1.87. The van der Waals surface area contributed by atoms with Crippen LogP contribution in [0.3, 0.4) is 0 Å². The van der Waals surface area contributed by atoms with Crippen LogP contribution in [0.5, 0.6) is 11.5 Å². The van der Waals surface area contributed by atoms with E-state index in [1.54, 1.807) is 0 Å². The first-order chi connectivity index (χ1) is 11.3. The number of halogens is 3. The van der Waals surface area contributed by atoms with Crippen LogP contribution >= 0.6 is 11.6 Å². The Morgan fingerprint density at radius 3 is 2.50 bits per heavy atom. The summed E-state index contributed by atoms with van der Waals surface area (Å²) in [7, 11) is 1.08. The molecule has 0 spiro atoms. The van der Waals surface area contributed by atoms with Crippen LogP contribution in [0.4, 0.5) is 14.5 Å².